The van der Waals surface area contributed by atoms with Crippen molar-refractivity contribution in [2.45, 2.75) is 0 Å². The third-order valence-electron chi connectivity index (χ3n) is 1.43. The molecule has 1 N–H and O–H groups in total. The number of aromatic hydroxyl groups is 1. The first-order chi connectivity index (χ1) is 5.69. The maximum absolute atomic E-state index is 10.5. The summed E-state index contributed by atoms with van der Waals surface area (Å²) in [6, 6.07) is 2.99. The van der Waals surface area contributed by atoms with Crippen LogP contribution in [0.3, 0.4) is 0 Å². The fraction of sp³-hybridized carbons (Fsp3) is 0.125. The van der Waals surface area contributed by atoms with E-state index in [0.29, 0.717) is 14.9 Å². The van der Waals surface area contributed by atoms with E-state index in [2.05, 4.69) is 0 Å². The molecule has 0 heterocycles. The molecule has 0 fully saturated rings. The molecule has 13 heavy (non-hydrogen) atoms. The van der Waals surface area contributed by atoms with Gasteiger partial charge in [-0.15, -0.1) is 0 Å². The van der Waals surface area contributed by atoms with Crippen LogP contribution in [0.15, 0.2) is 12.1 Å². The molecule has 0 aliphatic carbocycles. The van der Waals surface area contributed by atoms with Crippen LogP contribution < -0.4 is 4.74 Å². The molecule has 5 heteroatoms. The molecule has 1 radical (unpaired) electrons. The van der Waals surface area contributed by atoms with Gasteiger partial charge in [-0.2, -0.15) is 0 Å². The number of phenolic OH excluding ortho intramolecular Hbond substituents is 1. The van der Waals surface area contributed by atoms with Crippen molar-refractivity contribution < 1.29 is 55.9 Å². The van der Waals surface area contributed by atoms with Crippen molar-refractivity contribution in [2.24, 2.45) is 0 Å². The molecule has 0 amide bonds. The zero-order chi connectivity index (χ0) is 9.14. The van der Waals surface area contributed by atoms with Gasteiger partial charge >= 0.3 is 0 Å². The Morgan fingerprint density at radius 3 is 2.62 bits per heavy atom. The van der Waals surface area contributed by atoms with Crippen molar-refractivity contribution in [2.75, 3.05) is 7.11 Å². The third-order valence-corrected chi connectivity index (χ3v) is 2.36. The van der Waals surface area contributed by atoms with Crippen molar-refractivity contribution in [1.29, 1.82) is 0 Å². The third kappa shape index (κ3) is 3.33. The summed E-state index contributed by atoms with van der Waals surface area (Å²) in [5.41, 5.74) is 0.519. The molecular weight excluding hydrogens is 412 g/mol. The van der Waals surface area contributed by atoms with Crippen LogP contribution in [0.2, 0.25) is 0 Å². The molecular formula is C8H7IO3Pr. The predicted octanol–water partition coefficient (Wildman–Crippen LogP) is 1.82. The average molecular weight is 419 g/mol. The minimum absolute atomic E-state index is 0. The van der Waals surface area contributed by atoms with Crippen LogP contribution in [0.4, 0.5) is 0 Å². The van der Waals surface area contributed by atoms with Gasteiger partial charge in [-0.1, -0.05) is 0 Å². The summed E-state index contributed by atoms with van der Waals surface area (Å²) in [7, 11) is 1.44. The first kappa shape index (κ1) is 13.6. The maximum atomic E-state index is 10.5. The number of methoxy groups -OCH3 is 1. The van der Waals surface area contributed by atoms with Gasteiger partial charge in [0.25, 0.3) is 0 Å². The molecule has 0 saturated carbocycles. The molecule has 1 rings (SSSR count). The number of halogens is 1. The minimum Gasteiger partial charge on any atom is -0.504 e. The molecule has 0 aromatic heterocycles. The summed E-state index contributed by atoms with van der Waals surface area (Å²) in [6.45, 7) is 0. The Labute approximate surface area is 123 Å². The van der Waals surface area contributed by atoms with Gasteiger partial charge < -0.3 is 9.84 Å². The molecule has 0 spiro atoms. The van der Waals surface area contributed by atoms with Crippen molar-refractivity contribution in [3.8, 4) is 11.5 Å². The van der Waals surface area contributed by atoms with Gasteiger partial charge in [-0.25, -0.2) is 0 Å². The number of carbonyl (C=O) groups is 1. The van der Waals surface area contributed by atoms with E-state index in [-0.39, 0.29) is 47.0 Å². The van der Waals surface area contributed by atoms with Crippen LogP contribution >= 0.6 is 22.6 Å². The first-order valence-corrected chi connectivity index (χ1v) is 4.28. The Morgan fingerprint density at radius 1 is 1.54 bits per heavy atom. The van der Waals surface area contributed by atoms with Crippen molar-refractivity contribution in [3.63, 3.8) is 0 Å². The molecule has 0 saturated heterocycles. The second-order valence-electron chi connectivity index (χ2n) is 2.16. The molecule has 0 bridgehead atoms. The number of carbonyl (C=O) groups excluding carboxylic acids is 1. The topological polar surface area (TPSA) is 46.5 Å². The largest absolute Gasteiger partial charge is 0.504 e. The summed E-state index contributed by atoms with van der Waals surface area (Å²) < 4.78 is 5.54. The van der Waals surface area contributed by atoms with Crippen LogP contribution in [0, 0.1) is 44.9 Å². The van der Waals surface area contributed by atoms with Gasteiger partial charge in [0, 0.05) is 50.4 Å². The van der Waals surface area contributed by atoms with Gasteiger partial charge in [0.05, 0.1) is 7.11 Å². The van der Waals surface area contributed by atoms with Gasteiger partial charge in [0.15, 0.2) is 17.8 Å². The van der Waals surface area contributed by atoms with Crippen LogP contribution in [0.1, 0.15) is 10.4 Å². The second-order valence-corrected chi connectivity index (χ2v) is 3.33. The van der Waals surface area contributed by atoms with Crippen LogP contribution in [0.5, 0.6) is 11.5 Å². The SMILES string of the molecule is COc1cc(C=O)c(I)cc1O.[Pr]. The first-order valence-electron chi connectivity index (χ1n) is 3.20. The zero-order valence-electron chi connectivity index (χ0n) is 6.95. The van der Waals surface area contributed by atoms with Crippen molar-refractivity contribution in [3.05, 3.63) is 21.3 Å². The van der Waals surface area contributed by atoms with Gasteiger partial charge in [-0.3, -0.25) is 4.79 Å². The number of ether oxygens (including phenoxy) is 1. The van der Waals surface area contributed by atoms with Crippen LogP contribution in [-0.2, 0) is 0 Å². The predicted molar refractivity (Wildman–Crippen MR) is 52.8 cm³/mol. The van der Waals surface area contributed by atoms with E-state index in [9.17, 15) is 9.90 Å². The summed E-state index contributed by atoms with van der Waals surface area (Å²) >= 11 is 1.97. The Morgan fingerprint density at radius 2 is 2.15 bits per heavy atom. The van der Waals surface area contributed by atoms with E-state index < -0.39 is 0 Å². The number of rotatable bonds is 2. The zero-order valence-corrected chi connectivity index (χ0v) is 12.8. The van der Waals surface area contributed by atoms with E-state index >= 15 is 0 Å². The standard InChI is InChI=1S/C8H7IO3.Pr/c1-12-8-2-5(4-10)6(9)3-7(8)11;/h2-4,11H,1H3;. The van der Waals surface area contributed by atoms with Gasteiger partial charge in [0.1, 0.15) is 0 Å². The maximum Gasteiger partial charge on any atom is 0.161 e. The summed E-state index contributed by atoms with van der Waals surface area (Å²) in [5, 5.41) is 9.27. The Hall–Kier alpha value is 0.584. The number of phenols is 1. The fourth-order valence-corrected chi connectivity index (χ4v) is 1.39. The minimum atomic E-state index is 0. The number of benzene rings is 1. The normalized spacial score (nSPS) is 8.77. The van der Waals surface area contributed by atoms with E-state index in [4.69, 9.17) is 4.74 Å². The second kappa shape index (κ2) is 6.14. The molecule has 1 aromatic rings. The van der Waals surface area contributed by atoms with Crippen molar-refractivity contribution >= 4 is 28.9 Å². The average Bonchev–Trinajstić information content (AvgIpc) is 2.05. The molecule has 1 aromatic carbocycles. The quantitative estimate of drug-likeness (QED) is 0.588. The molecule has 3 nitrogen and oxygen atoms in total. The van der Waals surface area contributed by atoms with E-state index in [1.807, 2.05) is 22.6 Å². The monoisotopic (exact) mass is 419 g/mol. The summed E-state index contributed by atoms with van der Waals surface area (Å²) in [4.78, 5) is 10.5. The van der Waals surface area contributed by atoms with E-state index in [0.717, 1.165) is 6.29 Å². The molecule has 0 atom stereocenters. The fourth-order valence-electron chi connectivity index (χ4n) is 0.812. The Bertz CT molecular complexity index is 315. The van der Waals surface area contributed by atoms with Crippen LogP contribution in [0.25, 0.3) is 0 Å². The molecule has 67 valence electrons. The molecule has 0 aliphatic rings. The number of hydrogen-bond donors (Lipinski definition) is 1. The molecule has 0 unspecified atom stereocenters. The Balaban J connectivity index is 0.00000144. The summed E-state index contributed by atoms with van der Waals surface area (Å²) in [5.74, 6) is 0.366. The van der Waals surface area contributed by atoms with Gasteiger partial charge in [0.2, 0.25) is 0 Å². The van der Waals surface area contributed by atoms with Crippen molar-refractivity contribution in [1.82, 2.24) is 0 Å². The van der Waals surface area contributed by atoms with E-state index in [1.165, 1.54) is 19.2 Å². The smallest absolute Gasteiger partial charge is 0.161 e. The number of hydrogen-bond acceptors (Lipinski definition) is 3. The summed E-state index contributed by atoms with van der Waals surface area (Å²) in [6.07, 6.45) is 0.726. The Kier molecular flexibility index (Phi) is 6.42. The van der Waals surface area contributed by atoms with E-state index in [1.54, 1.807) is 0 Å². The van der Waals surface area contributed by atoms with Crippen LogP contribution in [-0.4, -0.2) is 18.5 Å². The number of aldehydes is 1. The molecule has 0 aliphatic heterocycles. The van der Waals surface area contributed by atoms with Gasteiger partial charge in [-0.05, 0) is 34.7 Å².